The quantitative estimate of drug-likeness (QED) is 0.483. The zero-order valence-corrected chi connectivity index (χ0v) is 15.4. The number of pyridine rings is 1. The van der Waals surface area contributed by atoms with Crippen LogP contribution in [0.25, 0.3) is 21.8 Å². The number of hydrogen-bond acceptors (Lipinski definition) is 6. The molecule has 4 rings (SSSR count). The minimum absolute atomic E-state index is 0.414. The maximum atomic E-state index is 6.00. The van der Waals surface area contributed by atoms with Gasteiger partial charge < -0.3 is 5.32 Å². The molecule has 1 N–H and O–H groups in total. The molecular weight excluding hydrogens is 366 g/mol. The summed E-state index contributed by atoms with van der Waals surface area (Å²) in [6.45, 7) is 1.81. The van der Waals surface area contributed by atoms with Crippen LogP contribution >= 0.6 is 22.9 Å². The molecule has 0 aliphatic heterocycles. The van der Waals surface area contributed by atoms with Gasteiger partial charge in [0, 0.05) is 40.7 Å². The molecular formula is C19H14ClN5S. The molecule has 0 aliphatic rings. The van der Waals surface area contributed by atoms with E-state index in [1.165, 1.54) is 0 Å². The van der Waals surface area contributed by atoms with Gasteiger partial charge in [-0.05, 0) is 31.2 Å². The fourth-order valence-electron chi connectivity index (χ4n) is 2.53. The van der Waals surface area contributed by atoms with Gasteiger partial charge in [0.1, 0.15) is 21.8 Å². The van der Waals surface area contributed by atoms with E-state index in [0.717, 1.165) is 27.5 Å². The first-order valence-corrected chi connectivity index (χ1v) is 9.18. The van der Waals surface area contributed by atoms with Crippen LogP contribution in [0.3, 0.4) is 0 Å². The van der Waals surface area contributed by atoms with Gasteiger partial charge in [-0.25, -0.2) is 15.0 Å². The topological polar surface area (TPSA) is 63.6 Å². The second-order valence-electron chi connectivity index (χ2n) is 5.61. The van der Waals surface area contributed by atoms with Crippen LogP contribution in [0, 0.1) is 6.92 Å². The summed E-state index contributed by atoms with van der Waals surface area (Å²) in [5, 5.41) is 6.68. The van der Waals surface area contributed by atoms with Crippen molar-refractivity contribution in [3.63, 3.8) is 0 Å². The van der Waals surface area contributed by atoms with Crippen molar-refractivity contribution in [2.45, 2.75) is 6.92 Å². The molecule has 0 spiro atoms. The number of hydrogen-bond donors (Lipinski definition) is 1. The summed E-state index contributed by atoms with van der Waals surface area (Å²) in [5.74, 6) is 1.28. The number of nitrogens with zero attached hydrogens (tertiary/aromatic N) is 4. The first kappa shape index (κ1) is 16.6. The second kappa shape index (κ2) is 7.19. The molecule has 0 saturated carbocycles. The van der Waals surface area contributed by atoms with Gasteiger partial charge in [0.05, 0.1) is 5.69 Å². The van der Waals surface area contributed by atoms with Gasteiger partial charge in [0.2, 0.25) is 0 Å². The lowest BCUT2D eigenvalue weighted by molar-refractivity contribution is 1.06. The summed E-state index contributed by atoms with van der Waals surface area (Å²) < 4.78 is 0. The zero-order valence-electron chi connectivity index (χ0n) is 13.8. The standard InChI is InChI=1S/C19H14ClN5S/c1-12-22-17(20)9-18(23-12)24-15-6-2-4-13(8-15)16-11-26-19(25-16)14-5-3-7-21-10-14/h2-11H,1H3,(H,22,23,24). The molecule has 26 heavy (non-hydrogen) atoms. The van der Waals surface area contributed by atoms with E-state index in [2.05, 4.69) is 20.3 Å². The summed E-state index contributed by atoms with van der Waals surface area (Å²) in [5.41, 5.74) is 3.88. The van der Waals surface area contributed by atoms with E-state index in [1.54, 1.807) is 23.6 Å². The zero-order chi connectivity index (χ0) is 17.9. The Morgan fingerprint density at radius 3 is 2.69 bits per heavy atom. The third-order valence-corrected chi connectivity index (χ3v) is 4.74. The van der Waals surface area contributed by atoms with Crippen LogP contribution in [0.4, 0.5) is 11.5 Å². The maximum Gasteiger partial charge on any atom is 0.135 e. The number of thiazole rings is 1. The first-order chi connectivity index (χ1) is 12.7. The number of benzene rings is 1. The van der Waals surface area contributed by atoms with Crippen LogP contribution in [0.2, 0.25) is 5.15 Å². The minimum Gasteiger partial charge on any atom is -0.340 e. The lowest BCUT2D eigenvalue weighted by Gasteiger charge is -2.08. The molecule has 4 aromatic rings. The van der Waals surface area contributed by atoms with E-state index < -0.39 is 0 Å². The summed E-state index contributed by atoms with van der Waals surface area (Å²) in [6.07, 6.45) is 3.58. The van der Waals surface area contributed by atoms with Gasteiger partial charge in [-0.1, -0.05) is 23.7 Å². The van der Waals surface area contributed by atoms with Crippen molar-refractivity contribution in [2.75, 3.05) is 5.32 Å². The van der Waals surface area contributed by atoms with Crippen molar-refractivity contribution in [1.29, 1.82) is 0 Å². The second-order valence-corrected chi connectivity index (χ2v) is 6.85. The van der Waals surface area contributed by atoms with Crippen molar-refractivity contribution in [2.24, 2.45) is 0 Å². The minimum atomic E-state index is 0.414. The fourth-order valence-corrected chi connectivity index (χ4v) is 3.57. The van der Waals surface area contributed by atoms with Crippen molar-refractivity contribution in [1.82, 2.24) is 19.9 Å². The number of nitrogens with one attached hydrogen (secondary N) is 1. The van der Waals surface area contributed by atoms with E-state index in [0.29, 0.717) is 16.8 Å². The Hall–Kier alpha value is -2.83. The monoisotopic (exact) mass is 379 g/mol. The first-order valence-electron chi connectivity index (χ1n) is 7.92. The molecule has 0 radical (unpaired) electrons. The summed E-state index contributed by atoms with van der Waals surface area (Å²) >= 11 is 7.60. The third-order valence-electron chi connectivity index (χ3n) is 3.65. The highest BCUT2D eigenvalue weighted by molar-refractivity contribution is 7.13. The van der Waals surface area contributed by atoms with Crippen LogP contribution < -0.4 is 5.32 Å². The van der Waals surface area contributed by atoms with Crippen LogP contribution in [-0.2, 0) is 0 Å². The molecule has 0 aliphatic carbocycles. The highest BCUT2D eigenvalue weighted by atomic mass is 35.5. The molecule has 3 heterocycles. The number of aromatic nitrogens is 4. The molecule has 0 unspecified atom stereocenters. The lowest BCUT2D eigenvalue weighted by atomic mass is 10.1. The SMILES string of the molecule is Cc1nc(Cl)cc(Nc2cccc(-c3csc(-c4cccnc4)n3)c2)n1. The Bertz CT molecular complexity index is 1030. The van der Waals surface area contributed by atoms with E-state index in [-0.39, 0.29) is 0 Å². The molecule has 128 valence electrons. The molecule has 0 amide bonds. The molecule has 0 atom stereocenters. The Kier molecular flexibility index (Phi) is 4.60. The Balaban J connectivity index is 1.61. The molecule has 5 nitrogen and oxygen atoms in total. The molecule has 7 heteroatoms. The average molecular weight is 380 g/mol. The van der Waals surface area contributed by atoms with Gasteiger partial charge in [-0.3, -0.25) is 4.98 Å². The number of halogens is 1. The largest absolute Gasteiger partial charge is 0.340 e. The van der Waals surface area contributed by atoms with Crippen molar-refractivity contribution in [3.05, 3.63) is 71.2 Å². The van der Waals surface area contributed by atoms with Gasteiger partial charge in [0.15, 0.2) is 0 Å². The third kappa shape index (κ3) is 3.71. The Labute approximate surface area is 159 Å². The molecule has 0 saturated heterocycles. The summed E-state index contributed by atoms with van der Waals surface area (Å²) in [7, 11) is 0. The predicted molar refractivity (Wildman–Crippen MR) is 106 cm³/mol. The smallest absolute Gasteiger partial charge is 0.135 e. The summed E-state index contributed by atoms with van der Waals surface area (Å²) in [6, 6.07) is 13.6. The van der Waals surface area contributed by atoms with E-state index in [4.69, 9.17) is 16.6 Å². The Morgan fingerprint density at radius 1 is 1.00 bits per heavy atom. The van der Waals surface area contributed by atoms with E-state index >= 15 is 0 Å². The van der Waals surface area contributed by atoms with Crippen molar-refractivity contribution < 1.29 is 0 Å². The van der Waals surface area contributed by atoms with Crippen molar-refractivity contribution >= 4 is 34.4 Å². The van der Waals surface area contributed by atoms with Crippen LogP contribution in [0.5, 0.6) is 0 Å². The molecule has 1 aromatic carbocycles. The fraction of sp³-hybridized carbons (Fsp3) is 0.0526. The van der Waals surface area contributed by atoms with Gasteiger partial charge >= 0.3 is 0 Å². The lowest BCUT2D eigenvalue weighted by Crippen LogP contribution is -1.97. The van der Waals surface area contributed by atoms with E-state index in [1.807, 2.05) is 54.9 Å². The highest BCUT2D eigenvalue weighted by Gasteiger charge is 2.08. The summed E-state index contributed by atoms with van der Waals surface area (Å²) in [4.78, 5) is 17.3. The van der Waals surface area contributed by atoms with Gasteiger partial charge in [-0.15, -0.1) is 11.3 Å². The van der Waals surface area contributed by atoms with Crippen molar-refractivity contribution in [3.8, 4) is 21.8 Å². The average Bonchev–Trinajstić information content (AvgIpc) is 3.12. The maximum absolute atomic E-state index is 6.00. The van der Waals surface area contributed by atoms with E-state index in [9.17, 15) is 0 Å². The normalized spacial score (nSPS) is 10.7. The van der Waals surface area contributed by atoms with Crippen LogP contribution in [0.15, 0.2) is 60.2 Å². The number of rotatable bonds is 4. The van der Waals surface area contributed by atoms with Gasteiger partial charge in [0.25, 0.3) is 0 Å². The Morgan fingerprint density at radius 2 is 1.88 bits per heavy atom. The molecule has 3 aromatic heterocycles. The van der Waals surface area contributed by atoms with Crippen LogP contribution in [0.1, 0.15) is 5.82 Å². The highest BCUT2D eigenvalue weighted by Crippen LogP contribution is 2.30. The molecule has 0 fully saturated rings. The molecule has 0 bridgehead atoms. The van der Waals surface area contributed by atoms with Gasteiger partial charge in [-0.2, -0.15) is 0 Å². The number of aryl methyl sites for hydroxylation is 1. The number of anilines is 2. The van der Waals surface area contributed by atoms with Crippen LogP contribution in [-0.4, -0.2) is 19.9 Å². The predicted octanol–water partition coefficient (Wildman–Crippen LogP) is 5.37.